The largest absolute Gasteiger partial charge is 0.350 e. The summed E-state index contributed by atoms with van der Waals surface area (Å²) in [6.45, 7) is 17.9. The predicted molar refractivity (Wildman–Crippen MR) is 102 cm³/mol. The van der Waals surface area contributed by atoms with Gasteiger partial charge in [-0.1, -0.05) is 41.5 Å². The molecule has 0 aromatic carbocycles. The summed E-state index contributed by atoms with van der Waals surface area (Å²) in [5.74, 6) is -0.517. The lowest BCUT2D eigenvalue weighted by Gasteiger charge is -2.66. The van der Waals surface area contributed by atoms with Crippen LogP contribution in [0.5, 0.6) is 0 Å². The van der Waals surface area contributed by atoms with Crippen molar-refractivity contribution in [3.8, 4) is 0 Å². The van der Waals surface area contributed by atoms with Gasteiger partial charge in [0, 0.05) is 5.41 Å². The maximum absolute atomic E-state index is 12.3. The van der Waals surface area contributed by atoms with Gasteiger partial charge in [0.1, 0.15) is 10.5 Å². The molecule has 3 atom stereocenters. The molecule has 0 saturated carbocycles. The van der Waals surface area contributed by atoms with Crippen LogP contribution in [0.25, 0.3) is 0 Å². The summed E-state index contributed by atoms with van der Waals surface area (Å²) >= 11 is 3.46. The highest BCUT2D eigenvalue weighted by Gasteiger charge is 2.65. The Labute approximate surface area is 158 Å². The van der Waals surface area contributed by atoms with Gasteiger partial charge >= 0.3 is 0 Å². The number of hydrazone groups is 1. The number of amides is 1. The number of fused-ring (bicyclic) bond motifs is 1. The smallest absolute Gasteiger partial charge is 0.239 e. The van der Waals surface area contributed by atoms with Crippen molar-refractivity contribution in [2.45, 2.75) is 73.4 Å². The number of rotatable bonds is 1. The Balaban J connectivity index is 2.07. The lowest BCUT2D eigenvalue weighted by Crippen LogP contribution is -2.69. The average Bonchev–Trinajstić information content (AvgIpc) is 2.81. The van der Waals surface area contributed by atoms with Crippen molar-refractivity contribution in [2.75, 3.05) is 0 Å². The van der Waals surface area contributed by atoms with Crippen molar-refractivity contribution >= 4 is 32.8 Å². The zero-order chi connectivity index (χ0) is 19.0. The van der Waals surface area contributed by atoms with Crippen molar-refractivity contribution in [1.82, 2.24) is 10.3 Å². The van der Waals surface area contributed by atoms with Crippen LogP contribution in [-0.2, 0) is 9.53 Å². The third kappa shape index (κ3) is 2.27. The number of carbonyl (C=O) groups is 1. The highest BCUT2D eigenvalue weighted by atomic mass is 79.9. The quantitative estimate of drug-likeness (QED) is 0.717. The maximum atomic E-state index is 12.3. The minimum atomic E-state index is -0.425. The van der Waals surface area contributed by atoms with E-state index in [2.05, 4.69) is 86.7 Å². The first-order chi connectivity index (χ1) is 11.3. The molecule has 0 aromatic heterocycles. The summed E-state index contributed by atoms with van der Waals surface area (Å²) in [6, 6.07) is 0. The number of ether oxygens (including phenoxy) is 1. The van der Waals surface area contributed by atoms with Crippen LogP contribution in [0.1, 0.15) is 55.4 Å². The van der Waals surface area contributed by atoms with E-state index in [0.29, 0.717) is 4.62 Å². The van der Waals surface area contributed by atoms with E-state index >= 15 is 0 Å². The lowest BCUT2D eigenvalue weighted by molar-refractivity contribution is -0.327. The normalized spacial score (nSPS) is 37.3. The molecule has 0 bridgehead atoms. The topological polar surface area (TPSA) is 66.3 Å². The fourth-order valence-corrected chi connectivity index (χ4v) is 4.82. The van der Waals surface area contributed by atoms with E-state index in [-0.39, 0.29) is 40.1 Å². The SMILES string of the molecule is CC1(C)O[C@H](N2N=C(Br)[C@H]3C(=O)NC=N[C@H]32)C(C)(C)C(C)(C)C1(C)C. The monoisotopic (exact) mass is 412 g/mol. The Morgan fingerprint density at radius 3 is 2.32 bits per heavy atom. The second-order valence-electron chi connectivity index (χ2n) is 9.43. The van der Waals surface area contributed by atoms with E-state index in [0.717, 1.165) is 0 Å². The molecule has 3 aliphatic heterocycles. The van der Waals surface area contributed by atoms with Crippen LogP contribution >= 0.6 is 15.9 Å². The molecule has 0 spiro atoms. The molecule has 6 nitrogen and oxygen atoms in total. The van der Waals surface area contributed by atoms with E-state index in [1.54, 1.807) is 0 Å². The van der Waals surface area contributed by atoms with Gasteiger partial charge in [0.25, 0.3) is 0 Å². The van der Waals surface area contributed by atoms with Crippen LogP contribution in [0.15, 0.2) is 10.1 Å². The zero-order valence-corrected chi connectivity index (χ0v) is 17.9. The molecule has 1 fully saturated rings. The molecule has 0 radical (unpaired) electrons. The lowest BCUT2D eigenvalue weighted by atomic mass is 9.48. The number of hydrogen-bond donors (Lipinski definition) is 1. The standard InChI is InChI=1S/C18H29BrN4O2/c1-15(2)14(25-18(7,8)17(5,6)16(15,3)4)23-12-10(11(19)22-23)13(24)21-9-20-12/h9-10,12,14H,1-8H3,(H,20,21,24)/t10-,12+,14+/m1/s1. The molecular weight excluding hydrogens is 384 g/mol. The summed E-state index contributed by atoms with van der Waals surface area (Å²) < 4.78 is 7.25. The van der Waals surface area contributed by atoms with Gasteiger partial charge in [0.05, 0.1) is 11.9 Å². The Kier molecular flexibility index (Phi) is 3.98. The fourth-order valence-electron chi connectivity index (χ4n) is 4.19. The summed E-state index contributed by atoms with van der Waals surface area (Å²) in [7, 11) is 0. The molecule has 0 aliphatic carbocycles. The second kappa shape index (κ2) is 5.28. The number of nitrogens with one attached hydrogen (secondary N) is 1. The number of hydrogen-bond acceptors (Lipinski definition) is 5. The average molecular weight is 413 g/mol. The fraction of sp³-hybridized carbons (Fsp3) is 0.833. The van der Waals surface area contributed by atoms with Crippen molar-refractivity contribution in [3.63, 3.8) is 0 Å². The number of aliphatic imine (C=N–C) groups is 1. The first-order valence-corrected chi connectivity index (χ1v) is 9.57. The van der Waals surface area contributed by atoms with Gasteiger partial charge < -0.3 is 10.1 Å². The molecule has 1 N–H and O–H groups in total. The Morgan fingerprint density at radius 2 is 1.72 bits per heavy atom. The second-order valence-corrected chi connectivity index (χ2v) is 10.2. The molecular formula is C18H29BrN4O2. The molecule has 7 heteroatoms. The Bertz CT molecular complexity index is 666. The summed E-state index contributed by atoms with van der Waals surface area (Å²) in [5.41, 5.74) is -0.695. The van der Waals surface area contributed by atoms with Crippen molar-refractivity contribution in [2.24, 2.45) is 32.3 Å². The van der Waals surface area contributed by atoms with Crippen LogP contribution in [0.2, 0.25) is 0 Å². The van der Waals surface area contributed by atoms with Crippen LogP contribution < -0.4 is 5.32 Å². The minimum Gasteiger partial charge on any atom is -0.350 e. The van der Waals surface area contributed by atoms with E-state index < -0.39 is 5.92 Å². The molecule has 0 aromatic rings. The van der Waals surface area contributed by atoms with Gasteiger partial charge in [0.2, 0.25) is 5.91 Å². The number of nitrogens with zero attached hydrogens (tertiary/aromatic N) is 3. The minimum absolute atomic E-state index is 0.0485. The maximum Gasteiger partial charge on any atom is 0.239 e. The van der Waals surface area contributed by atoms with Gasteiger partial charge in [-0.15, -0.1) is 0 Å². The van der Waals surface area contributed by atoms with Crippen LogP contribution in [0.3, 0.4) is 0 Å². The highest BCUT2D eigenvalue weighted by Crippen LogP contribution is 2.63. The van der Waals surface area contributed by atoms with Crippen molar-refractivity contribution in [1.29, 1.82) is 0 Å². The van der Waals surface area contributed by atoms with Gasteiger partial charge in [0.15, 0.2) is 12.4 Å². The molecule has 3 rings (SSSR count). The van der Waals surface area contributed by atoms with E-state index in [9.17, 15) is 4.79 Å². The van der Waals surface area contributed by atoms with Gasteiger partial charge in [-0.05, 0) is 40.6 Å². The molecule has 3 heterocycles. The molecule has 3 aliphatic rings. The highest BCUT2D eigenvalue weighted by molar-refractivity contribution is 9.18. The first kappa shape index (κ1) is 18.8. The first-order valence-electron chi connectivity index (χ1n) is 8.78. The number of carbonyl (C=O) groups excluding carboxylic acids is 1. The Morgan fingerprint density at radius 1 is 1.12 bits per heavy atom. The molecule has 1 saturated heterocycles. The summed E-state index contributed by atoms with van der Waals surface area (Å²) in [4.78, 5) is 16.7. The third-order valence-electron chi connectivity index (χ3n) is 7.70. The third-order valence-corrected chi connectivity index (χ3v) is 8.35. The van der Waals surface area contributed by atoms with Gasteiger partial charge in [-0.2, -0.15) is 5.10 Å². The van der Waals surface area contributed by atoms with Crippen LogP contribution in [0.4, 0.5) is 0 Å². The Hall–Kier alpha value is -0.950. The molecule has 1 amide bonds. The molecule has 25 heavy (non-hydrogen) atoms. The summed E-state index contributed by atoms with van der Waals surface area (Å²) in [6.07, 6.45) is 0.796. The predicted octanol–water partition coefficient (Wildman–Crippen LogP) is 3.32. The van der Waals surface area contributed by atoms with Crippen LogP contribution in [0, 0.1) is 22.2 Å². The summed E-state index contributed by atoms with van der Waals surface area (Å²) in [5, 5.41) is 9.19. The van der Waals surface area contributed by atoms with Crippen LogP contribution in [-0.4, -0.2) is 39.9 Å². The van der Waals surface area contributed by atoms with Gasteiger partial charge in [-0.25, -0.2) is 10.0 Å². The van der Waals surface area contributed by atoms with Gasteiger partial charge in [-0.3, -0.25) is 4.79 Å². The van der Waals surface area contributed by atoms with Crippen molar-refractivity contribution < 1.29 is 9.53 Å². The molecule has 140 valence electrons. The van der Waals surface area contributed by atoms with E-state index in [4.69, 9.17) is 4.74 Å². The van der Waals surface area contributed by atoms with Crippen molar-refractivity contribution in [3.05, 3.63) is 0 Å². The molecule has 0 unspecified atom stereocenters. The van der Waals surface area contributed by atoms with E-state index in [1.807, 2.05) is 5.01 Å². The zero-order valence-electron chi connectivity index (χ0n) is 16.3. The number of halogens is 1. The van der Waals surface area contributed by atoms with E-state index in [1.165, 1.54) is 6.34 Å².